The van der Waals surface area contributed by atoms with Gasteiger partial charge in [-0.3, -0.25) is 4.79 Å². The van der Waals surface area contributed by atoms with E-state index in [2.05, 4.69) is 5.32 Å². The molecule has 4 nitrogen and oxygen atoms in total. The van der Waals surface area contributed by atoms with Gasteiger partial charge in [0.1, 0.15) is 5.75 Å². The normalized spacial score (nSPS) is 16.4. The summed E-state index contributed by atoms with van der Waals surface area (Å²) in [5.41, 5.74) is 6.55. The van der Waals surface area contributed by atoms with Gasteiger partial charge in [0.25, 0.3) is 5.91 Å². The molecule has 1 aliphatic rings. The number of benzene rings is 1. The van der Waals surface area contributed by atoms with Crippen molar-refractivity contribution >= 4 is 23.1 Å². The van der Waals surface area contributed by atoms with Crippen molar-refractivity contribution in [3.63, 3.8) is 0 Å². The van der Waals surface area contributed by atoms with Crippen molar-refractivity contribution in [1.82, 2.24) is 5.32 Å². The molecule has 114 valence electrons. The predicted molar refractivity (Wildman–Crippen MR) is 87.4 cm³/mol. The molecule has 0 radical (unpaired) electrons. The highest BCUT2D eigenvalue weighted by atomic mass is 32.1. The highest BCUT2D eigenvalue weighted by molar-refractivity contribution is 7.80. The molecule has 0 bridgehead atoms. The maximum absolute atomic E-state index is 12.0. The SMILES string of the molecule is CC(Oc1ccc(CC(N)=S)cc1)C(=O)NC1CCCC1. The van der Waals surface area contributed by atoms with Gasteiger partial charge in [-0.05, 0) is 37.5 Å². The predicted octanol–water partition coefficient (Wildman–Crippen LogP) is 2.34. The Kier molecular flexibility index (Phi) is 5.56. The third-order valence-electron chi connectivity index (χ3n) is 3.69. The zero-order valence-corrected chi connectivity index (χ0v) is 13.1. The number of rotatable bonds is 6. The smallest absolute Gasteiger partial charge is 0.260 e. The van der Waals surface area contributed by atoms with Crippen LogP contribution in [0.4, 0.5) is 0 Å². The van der Waals surface area contributed by atoms with E-state index in [0.717, 1.165) is 18.4 Å². The van der Waals surface area contributed by atoms with Crippen LogP contribution >= 0.6 is 12.2 Å². The Bertz CT molecular complexity index is 496. The summed E-state index contributed by atoms with van der Waals surface area (Å²) in [6.45, 7) is 1.77. The summed E-state index contributed by atoms with van der Waals surface area (Å²) in [6, 6.07) is 7.82. The van der Waals surface area contributed by atoms with Crippen LogP contribution in [0.3, 0.4) is 0 Å². The monoisotopic (exact) mass is 306 g/mol. The van der Waals surface area contributed by atoms with Gasteiger partial charge in [-0.25, -0.2) is 0 Å². The summed E-state index contributed by atoms with van der Waals surface area (Å²) in [7, 11) is 0. The fourth-order valence-electron chi connectivity index (χ4n) is 2.53. The van der Waals surface area contributed by atoms with Crippen LogP contribution in [-0.2, 0) is 11.2 Å². The molecule has 3 N–H and O–H groups in total. The second-order valence-electron chi connectivity index (χ2n) is 5.54. The number of carbonyl (C=O) groups excluding carboxylic acids is 1. The summed E-state index contributed by atoms with van der Waals surface area (Å²) in [6.07, 6.45) is 4.63. The van der Waals surface area contributed by atoms with Crippen LogP contribution in [0, 0.1) is 0 Å². The van der Waals surface area contributed by atoms with Gasteiger partial charge in [-0.15, -0.1) is 0 Å². The molecule has 0 aliphatic heterocycles. The fraction of sp³-hybridized carbons (Fsp3) is 0.500. The second kappa shape index (κ2) is 7.41. The van der Waals surface area contributed by atoms with E-state index in [9.17, 15) is 4.79 Å². The Labute approximate surface area is 131 Å². The molecule has 1 unspecified atom stereocenters. The first-order chi connectivity index (χ1) is 10.0. The molecule has 1 saturated carbocycles. The molecule has 1 aromatic rings. The summed E-state index contributed by atoms with van der Waals surface area (Å²) in [5.74, 6) is 0.630. The molecule has 21 heavy (non-hydrogen) atoms. The molecule has 1 amide bonds. The van der Waals surface area contributed by atoms with Crippen molar-refractivity contribution in [1.29, 1.82) is 0 Å². The summed E-state index contributed by atoms with van der Waals surface area (Å²) in [4.78, 5) is 12.5. The van der Waals surface area contributed by atoms with Gasteiger partial charge in [0.15, 0.2) is 6.10 Å². The van der Waals surface area contributed by atoms with Crippen LogP contribution in [0.5, 0.6) is 5.75 Å². The quantitative estimate of drug-likeness (QED) is 0.792. The van der Waals surface area contributed by atoms with E-state index >= 15 is 0 Å². The molecule has 1 aromatic carbocycles. The van der Waals surface area contributed by atoms with Crippen molar-refractivity contribution in [3.05, 3.63) is 29.8 Å². The Morgan fingerprint density at radius 1 is 1.38 bits per heavy atom. The molecule has 1 atom stereocenters. The van der Waals surface area contributed by atoms with Crippen LogP contribution in [0.15, 0.2) is 24.3 Å². The highest BCUT2D eigenvalue weighted by Gasteiger charge is 2.21. The summed E-state index contributed by atoms with van der Waals surface area (Å²) in [5, 5.41) is 3.04. The van der Waals surface area contributed by atoms with E-state index in [-0.39, 0.29) is 5.91 Å². The molecule has 0 aromatic heterocycles. The molecule has 0 heterocycles. The number of hydrogen-bond donors (Lipinski definition) is 2. The number of thiocarbonyl (C=S) groups is 1. The number of amides is 1. The van der Waals surface area contributed by atoms with Gasteiger partial charge in [0.05, 0.1) is 4.99 Å². The Balaban J connectivity index is 1.84. The zero-order valence-electron chi connectivity index (χ0n) is 12.3. The van der Waals surface area contributed by atoms with Crippen molar-refractivity contribution < 1.29 is 9.53 Å². The van der Waals surface area contributed by atoms with Gasteiger partial charge in [0, 0.05) is 12.5 Å². The summed E-state index contributed by atoms with van der Waals surface area (Å²) < 4.78 is 5.67. The number of nitrogens with one attached hydrogen (secondary N) is 1. The van der Waals surface area contributed by atoms with E-state index in [1.807, 2.05) is 24.3 Å². The molecular formula is C16H22N2O2S. The molecule has 0 saturated heterocycles. The minimum Gasteiger partial charge on any atom is -0.481 e. The Hall–Kier alpha value is -1.62. The number of carbonyl (C=O) groups is 1. The van der Waals surface area contributed by atoms with E-state index in [1.165, 1.54) is 12.8 Å². The van der Waals surface area contributed by atoms with Gasteiger partial charge in [-0.2, -0.15) is 0 Å². The number of nitrogens with two attached hydrogens (primary N) is 1. The lowest BCUT2D eigenvalue weighted by atomic mass is 10.1. The first-order valence-corrected chi connectivity index (χ1v) is 7.79. The van der Waals surface area contributed by atoms with Crippen LogP contribution in [-0.4, -0.2) is 23.0 Å². The first kappa shape index (κ1) is 15.8. The van der Waals surface area contributed by atoms with Gasteiger partial charge in [-0.1, -0.05) is 37.2 Å². The van der Waals surface area contributed by atoms with E-state index in [0.29, 0.717) is 23.2 Å². The molecule has 1 aliphatic carbocycles. The summed E-state index contributed by atoms with van der Waals surface area (Å²) >= 11 is 4.88. The zero-order chi connectivity index (χ0) is 15.2. The second-order valence-corrected chi connectivity index (χ2v) is 6.06. The van der Waals surface area contributed by atoms with Crippen LogP contribution in [0.1, 0.15) is 38.2 Å². The minimum absolute atomic E-state index is 0.0471. The van der Waals surface area contributed by atoms with Crippen LogP contribution in [0.2, 0.25) is 0 Å². The van der Waals surface area contributed by atoms with E-state index < -0.39 is 6.10 Å². The maximum atomic E-state index is 12.0. The Morgan fingerprint density at radius 2 is 2.00 bits per heavy atom. The van der Waals surface area contributed by atoms with E-state index in [1.54, 1.807) is 6.92 Å². The average Bonchev–Trinajstić information content (AvgIpc) is 2.93. The van der Waals surface area contributed by atoms with Crippen molar-refractivity contribution in [2.75, 3.05) is 0 Å². The number of ether oxygens (including phenoxy) is 1. The minimum atomic E-state index is -0.493. The molecule has 5 heteroatoms. The maximum Gasteiger partial charge on any atom is 0.260 e. The highest BCUT2D eigenvalue weighted by Crippen LogP contribution is 2.18. The lowest BCUT2D eigenvalue weighted by Gasteiger charge is -2.18. The first-order valence-electron chi connectivity index (χ1n) is 7.39. The fourth-order valence-corrected chi connectivity index (χ4v) is 2.70. The average molecular weight is 306 g/mol. The topological polar surface area (TPSA) is 64.3 Å². The Morgan fingerprint density at radius 3 is 2.57 bits per heavy atom. The van der Waals surface area contributed by atoms with Gasteiger partial charge < -0.3 is 15.8 Å². The molecule has 2 rings (SSSR count). The van der Waals surface area contributed by atoms with E-state index in [4.69, 9.17) is 22.7 Å². The molecule has 0 spiro atoms. The third kappa shape index (κ3) is 5.01. The number of hydrogen-bond acceptors (Lipinski definition) is 3. The lowest BCUT2D eigenvalue weighted by Crippen LogP contribution is -2.41. The lowest BCUT2D eigenvalue weighted by molar-refractivity contribution is -0.127. The van der Waals surface area contributed by atoms with Gasteiger partial charge >= 0.3 is 0 Å². The third-order valence-corrected chi connectivity index (χ3v) is 3.83. The largest absolute Gasteiger partial charge is 0.481 e. The van der Waals surface area contributed by atoms with Crippen LogP contribution < -0.4 is 15.8 Å². The molecule has 1 fully saturated rings. The van der Waals surface area contributed by atoms with Crippen molar-refractivity contribution in [2.45, 2.75) is 51.2 Å². The van der Waals surface area contributed by atoms with Crippen molar-refractivity contribution in [3.8, 4) is 5.75 Å². The van der Waals surface area contributed by atoms with Gasteiger partial charge in [0.2, 0.25) is 0 Å². The standard InChI is InChI=1S/C16H22N2O2S/c1-11(16(19)18-13-4-2-3-5-13)20-14-8-6-12(7-9-14)10-15(17)21/h6-9,11,13H,2-5,10H2,1H3,(H2,17,21)(H,18,19). The van der Waals surface area contributed by atoms with Crippen molar-refractivity contribution in [2.24, 2.45) is 5.73 Å². The molecular weight excluding hydrogens is 284 g/mol. The van der Waals surface area contributed by atoms with Crippen LogP contribution in [0.25, 0.3) is 0 Å².